The summed E-state index contributed by atoms with van der Waals surface area (Å²) in [4.78, 5) is 29.3. The smallest absolute Gasteiger partial charge is 0.302 e. The lowest BCUT2D eigenvalue weighted by Crippen LogP contribution is -2.50. The molecule has 172 valence electrons. The fraction of sp³-hybridized carbons (Fsp3) is 0.679. The Bertz CT molecular complexity index is 967. The number of pyridine rings is 1. The van der Waals surface area contributed by atoms with E-state index in [4.69, 9.17) is 4.74 Å². The van der Waals surface area contributed by atoms with E-state index in [1.54, 1.807) is 0 Å². The minimum Gasteiger partial charge on any atom is -0.462 e. The zero-order chi connectivity index (χ0) is 22.7. The average molecular weight is 436 g/mol. The summed E-state index contributed by atoms with van der Waals surface area (Å²) in [7, 11) is 0. The van der Waals surface area contributed by atoms with Gasteiger partial charge in [-0.15, -0.1) is 0 Å². The Kier molecular flexibility index (Phi) is 5.34. The molecule has 32 heavy (non-hydrogen) atoms. The first-order valence-corrected chi connectivity index (χ1v) is 12.5. The summed E-state index contributed by atoms with van der Waals surface area (Å²) in [5.74, 6) is 2.15. The zero-order valence-corrected chi connectivity index (χ0v) is 20.0. The molecule has 1 heterocycles. The number of hydrogen-bond acceptors (Lipinski definition) is 4. The van der Waals surface area contributed by atoms with Crippen molar-refractivity contribution in [3.05, 3.63) is 41.2 Å². The van der Waals surface area contributed by atoms with E-state index in [9.17, 15) is 9.59 Å². The van der Waals surface area contributed by atoms with Gasteiger partial charge in [0.15, 0.2) is 0 Å². The van der Waals surface area contributed by atoms with E-state index in [1.165, 1.54) is 24.5 Å². The van der Waals surface area contributed by atoms with Gasteiger partial charge in [0.05, 0.1) is 0 Å². The third-order valence-electron chi connectivity index (χ3n) is 9.98. The van der Waals surface area contributed by atoms with Crippen molar-refractivity contribution in [1.29, 1.82) is 0 Å². The van der Waals surface area contributed by atoms with Gasteiger partial charge in [-0.25, -0.2) is 0 Å². The third kappa shape index (κ3) is 3.36. The van der Waals surface area contributed by atoms with Crippen LogP contribution in [0.2, 0.25) is 0 Å². The fourth-order valence-electron chi connectivity index (χ4n) is 8.15. The van der Waals surface area contributed by atoms with Gasteiger partial charge in [-0.05, 0) is 85.7 Å². The minimum absolute atomic E-state index is 0.0393. The highest BCUT2D eigenvalue weighted by Gasteiger charge is 2.61. The van der Waals surface area contributed by atoms with Crippen molar-refractivity contribution in [2.75, 3.05) is 0 Å². The highest BCUT2D eigenvalue weighted by molar-refractivity contribution is 5.85. The van der Waals surface area contributed by atoms with Gasteiger partial charge >= 0.3 is 5.97 Å². The Hall–Kier alpha value is -1.97. The first kappa shape index (κ1) is 21.9. The van der Waals surface area contributed by atoms with Crippen LogP contribution in [0.25, 0.3) is 0 Å². The number of fused-ring (bicyclic) bond motifs is 5. The monoisotopic (exact) mass is 435 g/mol. The van der Waals surface area contributed by atoms with Gasteiger partial charge in [0.2, 0.25) is 0 Å². The lowest BCUT2D eigenvalue weighted by Gasteiger charge is -2.57. The SMILES string of the molecule is CC(=O)OC1CC[C@@]2(C)C(=CC[C@@H]3[C@@H]2CC[C@]2(C)C(Cc4cccnc4C)C(=O)C[C@@H]32)C1. The summed E-state index contributed by atoms with van der Waals surface area (Å²) in [6, 6.07) is 4.15. The van der Waals surface area contributed by atoms with Crippen molar-refractivity contribution in [1.82, 2.24) is 4.98 Å². The number of Topliss-reactive ketones (excluding diaryl/α,β-unsaturated/α-hetero) is 1. The van der Waals surface area contributed by atoms with Crippen molar-refractivity contribution in [3.8, 4) is 0 Å². The first-order chi connectivity index (χ1) is 15.2. The standard InChI is InChI=1S/C28H37NO3/c1-17-19(6-5-13-29-17)14-25-26(31)16-24-22-8-7-20-15-21(32-18(2)30)9-11-27(20,3)23(22)10-12-28(24,25)4/h5-7,13,21-25H,8-12,14-16H2,1-4H3/t21?,22-,23+,24+,25?,27+,28+/m1/s1. The molecular weight excluding hydrogens is 398 g/mol. The molecule has 1 aromatic heterocycles. The van der Waals surface area contributed by atoms with Crippen LogP contribution in [0.4, 0.5) is 0 Å². The summed E-state index contributed by atoms with van der Waals surface area (Å²) in [5, 5.41) is 0. The predicted molar refractivity (Wildman–Crippen MR) is 124 cm³/mol. The Morgan fingerprint density at radius 1 is 1.19 bits per heavy atom. The van der Waals surface area contributed by atoms with Crippen LogP contribution in [-0.4, -0.2) is 22.8 Å². The van der Waals surface area contributed by atoms with E-state index >= 15 is 0 Å². The van der Waals surface area contributed by atoms with E-state index in [2.05, 4.69) is 37.9 Å². The zero-order valence-electron chi connectivity index (χ0n) is 20.0. The fourth-order valence-corrected chi connectivity index (χ4v) is 8.15. The van der Waals surface area contributed by atoms with Crippen LogP contribution >= 0.6 is 0 Å². The molecule has 3 fully saturated rings. The van der Waals surface area contributed by atoms with E-state index in [-0.39, 0.29) is 28.8 Å². The summed E-state index contributed by atoms with van der Waals surface area (Å²) in [5.41, 5.74) is 4.09. The lowest BCUT2D eigenvalue weighted by atomic mass is 9.47. The second-order valence-corrected chi connectivity index (χ2v) is 11.5. The number of ketones is 1. The number of aryl methyl sites for hydroxylation is 1. The molecule has 0 saturated heterocycles. The number of nitrogens with zero attached hydrogens (tertiary/aromatic N) is 1. The number of hydrogen-bond donors (Lipinski definition) is 0. The molecule has 5 rings (SSSR count). The normalized spacial score (nSPS) is 40.7. The molecule has 4 aliphatic carbocycles. The molecule has 0 N–H and O–H groups in total. The molecule has 1 aromatic rings. The van der Waals surface area contributed by atoms with E-state index in [0.29, 0.717) is 23.5 Å². The van der Waals surface area contributed by atoms with Crippen LogP contribution in [0.5, 0.6) is 0 Å². The van der Waals surface area contributed by atoms with Crippen LogP contribution in [0.3, 0.4) is 0 Å². The minimum atomic E-state index is -0.166. The Morgan fingerprint density at radius 3 is 2.75 bits per heavy atom. The molecule has 2 unspecified atom stereocenters. The maximum atomic E-state index is 13.4. The van der Waals surface area contributed by atoms with Crippen molar-refractivity contribution in [2.45, 2.75) is 85.2 Å². The van der Waals surface area contributed by atoms with Crippen LogP contribution in [0, 0.1) is 41.4 Å². The first-order valence-electron chi connectivity index (χ1n) is 12.5. The average Bonchev–Trinajstić information content (AvgIpc) is 3.00. The molecule has 0 spiro atoms. The van der Waals surface area contributed by atoms with E-state index in [0.717, 1.165) is 50.6 Å². The molecular formula is C28H37NO3. The number of esters is 1. The Morgan fingerprint density at radius 2 is 2.00 bits per heavy atom. The van der Waals surface area contributed by atoms with Crippen LogP contribution < -0.4 is 0 Å². The van der Waals surface area contributed by atoms with E-state index in [1.807, 2.05) is 12.3 Å². The predicted octanol–water partition coefficient (Wildman–Crippen LogP) is 5.62. The molecule has 4 nitrogen and oxygen atoms in total. The number of aromatic nitrogens is 1. The summed E-state index contributed by atoms with van der Waals surface area (Å²) in [6.45, 7) is 8.44. The molecule has 0 aromatic carbocycles. The maximum absolute atomic E-state index is 13.4. The quantitative estimate of drug-likeness (QED) is 0.457. The lowest BCUT2D eigenvalue weighted by molar-refractivity contribution is -0.148. The maximum Gasteiger partial charge on any atom is 0.302 e. The molecule has 4 aliphatic rings. The summed E-state index contributed by atoms with van der Waals surface area (Å²) in [6.07, 6.45) is 12.3. The number of ether oxygens (including phenoxy) is 1. The molecule has 0 bridgehead atoms. The largest absolute Gasteiger partial charge is 0.462 e. The second kappa shape index (κ2) is 7.81. The number of rotatable bonds is 3. The highest BCUT2D eigenvalue weighted by Crippen LogP contribution is 2.66. The molecule has 7 atom stereocenters. The molecule has 4 heteroatoms. The topological polar surface area (TPSA) is 56.3 Å². The van der Waals surface area contributed by atoms with Gasteiger partial charge in [-0.2, -0.15) is 0 Å². The van der Waals surface area contributed by atoms with Gasteiger partial charge in [-0.3, -0.25) is 14.6 Å². The van der Waals surface area contributed by atoms with Crippen LogP contribution in [0.1, 0.15) is 77.0 Å². The molecule has 0 amide bonds. The van der Waals surface area contributed by atoms with Crippen molar-refractivity contribution < 1.29 is 14.3 Å². The summed E-state index contributed by atoms with van der Waals surface area (Å²) >= 11 is 0. The summed E-state index contributed by atoms with van der Waals surface area (Å²) < 4.78 is 5.57. The second-order valence-electron chi connectivity index (χ2n) is 11.5. The Balaban J connectivity index is 1.39. The third-order valence-corrected chi connectivity index (χ3v) is 9.98. The van der Waals surface area contributed by atoms with Gasteiger partial charge in [0, 0.05) is 37.6 Å². The van der Waals surface area contributed by atoms with Gasteiger partial charge in [0.1, 0.15) is 11.9 Å². The molecule has 3 saturated carbocycles. The highest BCUT2D eigenvalue weighted by atomic mass is 16.5. The van der Waals surface area contributed by atoms with Gasteiger partial charge < -0.3 is 4.74 Å². The molecule has 0 aliphatic heterocycles. The van der Waals surface area contributed by atoms with Crippen LogP contribution in [0.15, 0.2) is 30.0 Å². The number of allylic oxidation sites excluding steroid dienone is 1. The van der Waals surface area contributed by atoms with Crippen LogP contribution in [-0.2, 0) is 20.7 Å². The Labute approximate surface area is 192 Å². The van der Waals surface area contributed by atoms with Gasteiger partial charge in [0.25, 0.3) is 0 Å². The number of carbonyl (C=O) groups is 2. The van der Waals surface area contributed by atoms with Crippen molar-refractivity contribution in [2.24, 2.45) is 34.5 Å². The van der Waals surface area contributed by atoms with E-state index < -0.39 is 0 Å². The van der Waals surface area contributed by atoms with Crippen molar-refractivity contribution >= 4 is 11.8 Å². The van der Waals surface area contributed by atoms with Gasteiger partial charge in [-0.1, -0.05) is 31.6 Å². The number of carbonyl (C=O) groups excluding carboxylic acids is 2. The molecule has 0 radical (unpaired) electrons. The van der Waals surface area contributed by atoms with Crippen molar-refractivity contribution in [3.63, 3.8) is 0 Å².